The molecule has 1 aromatic carbocycles. The summed E-state index contributed by atoms with van der Waals surface area (Å²) in [4.78, 5) is 40.1. The first-order valence-corrected chi connectivity index (χ1v) is 12.0. The van der Waals surface area contributed by atoms with Crippen LogP contribution in [0.2, 0.25) is 0 Å². The molecule has 1 aromatic heterocycles. The summed E-state index contributed by atoms with van der Waals surface area (Å²) in [5.41, 5.74) is 3.54. The number of methoxy groups -OCH3 is 1. The Morgan fingerprint density at radius 3 is 2.42 bits per heavy atom. The molecule has 0 fully saturated rings. The topological polar surface area (TPSA) is 142 Å². The summed E-state index contributed by atoms with van der Waals surface area (Å²) in [6.45, 7) is 4.43. The van der Waals surface area contributed by atoms with Crippen LogP contribution in [0.5, 0.6) is 11.6 Å². The molecule has 0 saturated carbocycles. The average molecular weight is 605 g/mol. The molecule has 2 rings (SSSR count). The van der Waals surface area contributed by atoms with Crippen molar-refractivity contribution in [3.8, 4) is 11.6 Å². The Labute approximate surface area is 225 Å². The summed E-state index contributed by atoms with van der Waals surface area (Å²) in [5.74, 6) is -1.90. The number of nitrogens with two attached hydrogens (primary N) is 1. The van der Waals surface area contributed by atoms with Crippen LogP contribution in [0.25, 0.3) is 0 Å². The monoisotopic (exact) mass is 604 g/mol. The third kappa shape index (κ3) is 9.08. The fraction of sp³-hybridized carbons (Fsp3) is 0.417. The summed E-state index contributed by atoms with van der Waals surface area (Å²) in [7, 11) is 1.34. The Kier molecular flexibility index (Phi) is 10.3. The number of primary amides is 1. The Bertz CT molecular complexity index is 1180. The van der Waals surface area contributed by atoms with Gasteiger partial charge in [0.15, 0.2) is 0 Å². The highest BCUT2D eigenvalue weighted by atomic mass is 79.9. The van der Waals surface area contributed by atoms with Gasteiger partial charge >= 0.3 is 12.3 Å². The van der Waals surface area contributed by atoms with E-state index in [1.54, 1.807) is 20.8 Å². The van der Waals surface area contributed by atoms with E-state index in [0.29, 0.717) is 4.47 Å². The van der Waals surface area contributed by atoms with Crippen molar-refractivity contribution in [1.29, 1.82) is 0 Å². The molecule has 0 aliphatic rings. The Balaban J connectivity index is 2.07. The molecule has 1 heterocycles. The van der Waals surface area contributed by atoms with Crippen molar-refractivity contribution in [3.63, 3.8) is 0 Å². The van der Waals surface area contributed by atoms with E-state index in [1.165, 1.54) is 25.3 Å². The summed E-state index contributed by atoms with van der Waals surface area (Å²) in [6.07, 6.45) is -5.66. The van der Waals surface area contributed by atoms with Gasteiger partial charge in [-0.3, -0.25) is 9.59 Å². The van der Waals surface area contributed by atoms with Crippen LogP contribution in [0.3, 0.4) is 0 Å². The largest absolute Gasteiger partial charge is 0.493 e. The molecule has 0 saturated heterocycles. The molecule has 0 aliphatic carbocycles. The fourth-order valence-electron chi connectivity index (χ4n) is 3.10. The van der Waals surface area contributed by atoms with Gasteiger partial charge in [-0.25, -0.2) is 4.79 Å². The maximum absolute atomic E-state index is 13.6. The number of alkyl carbamates (subject to hydrolysis) is 1. The van der Waals surface area contributed by atoms with Gasteiger partial charge in [-0.05, 0) is 55.3 Å². The number of aromatic nitrogens is 1. The fourth-order valence-corrected chi connectivity index (χ4v) is 3.58. The van der Waals surface area contributed by atoms with Crippen LogP contribution in [-0.4, -0.2) is 42.2 Å². The van der Waals surface area contributed by atoms with E-state index in [2.05, 4.69) is 31.5 Å². The number of ether oxygens (including phenoxy) is 3. The highest BCUT2D eigenvalue weighted by Crippen LogP contribution is 2.38. The molecule has 0 atom stereocenters. The predicted octanol–water partition coefficient (Wildman–Crippen LogP) is 4.79. The van der Waals surface area contributed by atoms with E-state index in [4.69, 9.17) is 19.9 Å². The Hall–Kier alpha value is -3.55. The number of amides is 3. The van der Waals surface area contributed by atoms with Crippen molar-refractivity contribution in [2.75, 3.05) is 19.0 Å². The van der Waals surface area contributed by atoms with Crippen LogP contribution in [0.4, 0.5) is 23.8 Å². The highest BCUT2D eigenvalue weighted by Gasteiger charge is 2.35. The molecular formula is C24H28BrF3N4O6. The normalized spacial score (nSPS) is 11.5. The van der Waals surface area contributed by atoms with Crippen LogP contribution in [0.15, 0.2) is 28.7 Å². The molecule has 10 nitrogen and oxygen atoms in total. The van der Waals surface area contributed by atoms with Gasteiger partial charge in [0.1, 0.15) is 17.2 Å². The summed E-state index contributed by atoms with van der Waals surface area (Å²) < 4.78 is 56.8. The molecular weight excluding hydrogens is 577 g/mol. The lowest BCUT2D eigenvalue weighted by atomic mass is 10.1. The quantitative estimate of drug-likeness (QED) is 0.331. The van der Waals surface area contributed by atoms with Gasteiger partial charge in [-0.1, -0.05) is 12.1 Å². The van der Waals surface area contributed by atoms with Crippen LogP contribution >= 0.6 is 15.9 Å². The number of nitrogens with one attached hydrogen (secondary N) is 2. The van der Waals surface area contributed by atoms with Crippen molar-refractivity contribution in [3.05, 3.63) is 45.4 Å². The molecule has 38 heavy (non-hydrogen) atoms. The molecule has 208 valence electrons. The van der Waals surface area contributed by atoms with Crippen LogP contribution in [0.1, 0.15) is 55.1 Å². The number of halogens is 4. The van der Waals surface area contributed by atoms with Crippen molar-refractivity contribution >= 4 is 39.7 Å². The second-order valence-electron chi connectivity index (χ2n) is 8.89. The standard InChI is InChI=1S/C24H28BrF3N4O6/c1-23(2,3)38-22(35)30-12-13-7-5-8-15(24(26,27)28)18(13)37-10-6-9-17(33)31-20-14(19(29)34)11-16(25)21(32-20)36-4/h5,7-8,11H,6,9-10,12H2,1-4H3,(H2,29,34)(H,30,35)(H,31,32,33). The molecule has 2 aromatic rings. The number of hydrogen-bond donors (Lipinski definition) is 3. The van der Waals surface area contributed by atoms with Crippen molar-refractivity contribution in [1.82, 2.24) is 10.3 Å². The van der Waals surface area contributed by atoms with E-state index in [1.807, 2.05) is 0 Å². The van der Waals surface area contributed by atoms with Crippen LogP contribution < -0.4 is 25.8 Å². The lowest BCUT2D eigenvalue weighted by molar-refractivity contribution is -0.139. The number of carbonyl (C=O) groups excluding carboxylic acids is 3. The number of alkyl halides is 3. The molecule has 4 N–H and O–H groups in total. The van der Waals surface area contributed by atoms with Gasteiger partial charge in [0.25, 0.3) is 5.91 Å². The van der Waals surface area contributed by atoms with Gasteiger partial charge < -0.3 is 30.6 Å². The second-order valence-corrected chi connectivity index (χ2v) is 9.74. The van der Waals surface area contributed by atoms with Crippen LogP contribution in [-0.2, 0) is 22.3 Å². The zero-order chi connectivity index (χ0) is 28.7. The van der Waals surface area contributed by atoms with Crippen LogP contribution in [0, 0.1) is 0 Å². The Morgan fingerprint density at radius 2 is 1.84 bits per heavy atom. The number of nitrogens with zero attached hydrogens (tertiary/aromatic N) is 1. The van der Waals surface area contributed by atoms with Crippen molar-refractivity contribution in [2.24, 2.45) is 5.73 Å². The first kappa shape index (κ1) is 30.7. The van der Waals surface area contributed by atoms with Crippen molar-refractivity contribution < 1.29 is 41.8 Å². The van der Waals surface area contributed by atoms with Gasteiger partial charge in [-0.2, -0.15) is 18.2 Å². The molecule has 0 unspecified atom stereocenters. The molecule has 3 amide bonds. The van der Waals surface area contributed by atoms with E-state index in [-0.39, 0.29) is 48.8 Å². The molecule has 0 spiro atoms. The minimum atomic E-state index is -4.72. The number of hydrogen-bond acceptors (Lipinski definition) is 7. The lowest BCUT2D eigenvalue weighted by Crippen LogP contribution is -2.32. The van der Waals surface area contributed by atoms with E-state index in [9.17, 15) is 27.6 Å². The SMILES string of the molecule is COc1nc(NC(=O)CCCOc2c(CNC(=O)OC(C)(C)C)cccc2C(F)(F)F)c(C(N)=O)cc1Br. The predicted molar refractivity (Wildman–Crippen MR) is 135 cm³/mol. The van der Waals surface area contributed by atoms with Crippen molar-refractivity contribution in [2.45, 2.75) is 51.9 Å². The first-order chi connectivity index (χ1) is 17.6. The van der Waals surface area contributed by atoms with E-state index >= 15 is 0 Å². The van der Waals surface area contributed by atoms with Gasteiger partial charge in [0, 0.05) is 18.5 Å². The molecule has 14 heteroatoms. The van der Waals surface area contributed by atoms with Gasteiger partial charge in [0.05, 0.1) is 29.3 Å². The van der Waals surface area contributed by atoms with E-state index < -0.39 is 41.0 Å². The highest BCUT2D eigenvalue weighted by molar-refractivity contribution is 9.10. The maximum atomic E-state index is 13.6. The number of benzene rings is 1. The molecule has 0 radical (unpaired) electrons. The third-order valence-corrected chi connectivity index (χ3v) is 5.25. The van der Waals surface area contributed by atoms with Gasteiger partial charge in [0.2, 0.25) is 11.8 Å². The maximum Gasteiger partial charge on any atom is 0.419 e. The summed E-state index contributed by atoms with van der Waals surface area (Å²) in [5, 5.41) is 4.85. The van der Waals surface area contributed by atoms with Gasteiger partial charge in [-0.15, -0.1) is 0 Å². The lowest BCUT2D eigenvalue weighted by Gasteiger charge is -2.21. The molecule has 0 bridgehead atoms. The minimum absolute atomic E-state index is 0.0243. The van der Waals surface area contributed by atoms with E-state index in [0.717, 1.165) is 6.07 Å². The average Bonchev–Trinajstić information content (AvgIpc) is 2.79. The Morgan fingerprint density at radius 1 is 1.16 bits per heavy atom. The summed E-state index contributed by atoms with van der Waals surface area (Å²) >= 11 is 3.17. The summed E-state index contributed by atoms with van der Waals surface area (Å²) in [6, 6.07) is 4.78. The minimum Gasteiger partial charge on any atom is -0.493 e. The number of para-hydroxylation sites is 1. The zero-order valence-electron chi connectivity index (χ0n) is 21.1. The number of carbonyl (C=O) groups is 3. The molecule has 0 aliphatic heterocycles. The third-order valence-electron chi connectivity index (χ3n) is 4.68. The first-order valence-electron chi connectivity index (χ1n) is 11.2. The number of anilines is 1. The second kappa shape index (κ2) is 12.8. The number of pyridine rings is 1. The number of rotatable bonds is 10. The zero-order valence-corrected chi connectivity index (χ0v) is 22.7. The smallest absolute Gasteiger partial charge is 0.419 e.